The van der Waals surface area contributed by atoms with Crippen molar-refractivity contribution >= 4 is 27.6 Å². The maximum absolute atomic E-state index is 10.9. The van der Waals surface area contributed by atoms with Gasteiger partial charge in [0.1, 0.15) is 0 Å². The summed E-state index contributed by atoms with van der Waals surface area (Å²) in [6.07, 6.45) is 0.381. The van der Waals surface area contributed by atoms with Crippen LogP contribution in [0.4, 0.5) is 5.69 Å². The summed E-state index contributed by atoms with van der Waals surface area (Å²) in [5, 5.41) is 3.16. The Kier molecular flexibility index (Phi) is 4.62. The number of carbonyl (C=O) groups is 1. The quantitative estimate of drug-likeness (QED) is 0.856. The molecule has 0 spiro atoms. The maximum atomic E-state index is 10.9. The van der Waals surface area contributed by atoms with E-state index in [1.54, 1.807) is 0 Å². The van der Waals surface area contributed by atoms with Crippen LogP contribution < -0.4 is 5.32 Å². The zero-order chi connectivity index (χ0) is 11.3. The minimum atomic E-state index is -0.198. The van der Waals surface area contributed by atoms with Gasteiger partial charge in [0, 0.05) is 16.7 Å². The molecular formula is C11H14BrNO2. The van der Waals surface area contributed by atoms with Crippen LogP contribution in [0.2, 0.25) is 0 Å². The van der Waals surface area contributed by atoms with E-state index in [4.69, 9.17) is 0 Å². The fraction of sp³-hybridized carbons (Fsp3) is 0.364. The second-order valence-corrected chi connectivity index (χ2v) is 4.07. The van der Waals surface area contributed by atoms with Crippen molar-refractivity contribution in [2.24, 2.45) is 0 Å². The number of hydrogen-bond acceptors (Lipinski definition) is 3. The summed E-state index contributed by atoms with van der Waals surface area (Å²) in [4.78, 5) is 10.9. The molecule has 3 nitrogen and oxygen atoms in total. The lowest BCUT2D eigenvalue weighted by Crippen LogP contribution is -2.09. The van der Waals surface area contributed by atoms with E-state index < -0.39 is 0 Å². The Morgan fingerprint density at radius 2 is 2.27 bits per heavy atom. The Morgan fingerprint density at radius 1 is 1.53 bits per heavy atom. The van der Waals surface area contributed by atoms with E-state index >= 15 is 0 Å². The van der Waals surface area contributed by atoms with E-state index in [2.05, 4.69) is 26.0 Å². The summed E-state index contributed by atoms with van der Waals surface area (Å²) in [5.74, 6) is -0.198. The lowest BCUT2D eigenvalue weighted by molar-refractivity contribution is -0.140. The van der Waals surface area contributed by atoms with Gasteiger partial charge in [-0.1, -0.05) is 15.9 Å². The molecule has 0 heterocycles. The van der Waals surface area contributed by atoms with Gasteiger partial charge in [-0.15, -0.1) is 0 Å². The smallest absolute Gasteiger partial charge is 0.307 e. The SMILES string of the molecule is COC(=O)CCNc1ccc(Br)c(C)c1. The van der Waals surface area contributed by atoms with Crippen LogP contribution in [0.3, 0.4) is 0 Å². The van der Waals surface area contributed by atoms with Crippen LogP contribution in [0.5, 0.6) is 0 Å². The van der Waals surface area contributed by atoms with Crippen molar-refractivity contribution in [2.75, 3.05) is 19.0 Å². The van der Waals surface area contributed by atoms with Crippen LogP contribution in [-0.2, 0) is 9.53 Å². The third-order valence-electron chi connectivity index (χ3n) is 2.04. The molecule has 82 valence electrons. The number of aryl methyl sites for hydroxylation is 1. The summed E-state index contributed by atoms with van der Waals surface area (Å²) >= 11 is 3.43. The molecular weight excluding hydrogens is 258 g/mol. The second kappa shape index (κ2) is 5.75. The largest absolute Gasteiger partial charge is 0.469 e. The Bertz CT molecular complexity index is 352. The van der Waals surface area contributed by atoms with Gasteiger partial charge in [0.25, 0.3) is 0 Å². The van der Waals surface area contributed by atoms with Crippen LogP contribution in [0, 0.1) is 6.92 Å². The summed E-state index contributed by atoms with van der Waals surface area (Å²) < 4.78 is 5.63. The van der Waals surface area contributed by atoms with Crippen molar-refractivity contribution in [3.05, 3.63) is 28.2 Å². The summed E-state index contributed by atoms with van der Waals surface area (Å²) in [5.41, 5.74) is 2.18. The fourth-order valence-electron chi connectivity index (χ4n) is 1.17. The first-order valence-corrected chi connectivity index (χ1v) is 5.49. The number of benzene rings is 1. The van der Waals surface area contributed by atoms with Gasteiger partial charge in [-0.05, 0) is 30.7 Å². The fourth-order valence-corrected chi connectivity index (χ4v) is 1.41. The van der Waals surface area contributed by atoms with Gasteiger partial charge in [-0.25, -0.2) is 0 Å². The van der Waals surface area contributed by atoms with E-state index in [0.717, 1.165) is 15.7 Å². The molecule has 0 fully saturated rings. The van der Waals surface area contributed by atoms with Gasteiger partial charge in [-0.3, -0.25) is 4.79 Å². The van der Waals surface area contributed by atoms with Gasteiger partial charge in [0.05, 0.1) is 13.5 Å². The van der Waals surface area contributed by atoms with Crippen molar-refractivity contribution in [3.63, 3.8) is 0 Å². The van der Waals surface area contributed by atoms with Gasteiger partial charge in [-0.2, -0.15) is 0 Å². The number of rotatable bonds is 4. The van der Waals surface area contributed by atoms with E-state index in [0.29, 0.717) is 13.0 Å². The van der Waals surface area contributed by atoms with Crippen LogP contribution in [0.1, 0.15) is 12.0 Å². The van der Waals surface area contributed by atoms with Crippen molar-refractivity contribution < 1.29 is 9.53 Å². The second-order valence-electron chi connectivity index (χ2n) is 3.22. The zero-order valence-electron chi connectivity index (χ0n) is 8.84. The molecule has 4 heteroatoms. The Labute approximate surface area is 97.9 Å². The molecule has 1 N–H and O–H groups in total. The average Bonchev–Trinajstić information content (AvgIpc) is 2.23. The van der Waals surface area contributed by atoms with Crippen LogP contribution >= 0.6 is 15.9 Å². The van der Waals surface area contributed by atoms with E-state index in [1.165, 1.54) is 7.11 Å². The Balaban J connectivity index is 2.44. The molecule has 1 aromatic carbocycles. The highest BCUT2D eigenvalue weighted by Crippen LogP contribution is 2.19. The molecule has 0 aromatic heterocycles. The third-order valence-corrected chi connectivity index (χ3v) is 2.93. The average molecular weight is 272 g/mol. The molecule has 0 atom stereocenters. The summed E-state index contributed by atoms with van der Waals surface area (Å²) in [6, 6.07) is 5.98. The molecule has 0 aliphatic heterocycles. The molecule has 0 aliphatic rings. The molecule has 15 heavy (non-hydrogen) atoms. The number of halogens is 1. The third kappa shape index (κ3) is 3.91. The monoisotopic (exact) mass is 271 g/mol. The van der Waals surface area contributed by atoms with Gasteiger partial charge in [0.15, 0.2) is 0 Å². The molecule has 0 radical (unpaired) electrons. The first kappa shape index (κ1) is 12.0. The van der Waals surface area contributed by atoms with Gasteiger partial charge >= 0.3 is 5.97 Å². The first-order chi connectivity index (χ1) is 7.13. The Morgan fingerprint density at radius 3 is 2.87 bits per heavy atom. The highest BCUT2D eigenvalue weighted by Gasteiger charge is 2.00. The predicted molar refractivity (Wildman–Crippen MR) is 64.0 cm³/mol. The molecule has 0 aliphatic carbocycles. The lowest BCUT2D eigenvalue weighted by atomic mass is 10.2. The number of methoxy groups -OCH3 is 1. The standard InChI is InChI=1S/C11H14BrNO2/c1-8-7-9(3-4-10(8)12)13-6-5-11(14)15-2/h3-4,7,13H,5-6H2,1-2H3. The van der Waals surface area contributed by atoms with Crippen molar-refractivity contribution in [2.45, 2.75) is 13.3 Å². The van der Waals surface area contributed by atoms with Crippen LogP contribution in [0.25, 0.3) is 0 Å². The highest BCUT2D eigenvalue weighted by atomic mass is 79.9. The normalized spacial score (nSPS) is 9.80. The zero-order valence-corrected chi connectivity index (χ0v) is 10.4. The molecule has 0 saturated heterocycles. The van der Waals surface area contributed by atoms with E-state index in [-0.39, 0.29) is 5.97 Å². The number of ether oxygens (including phenoxy) is 1. The molecule has 0 bridgehead atoms. The Hall–Kier alpha value is -1.03. The lowest BCUT2D eigenvalue weighted by Gasteiger charge is -2.07. The van der Waals surface area contributed by atoms with Gasteiger partial charge < -0.3 is 10.1 Å². The number of hydrogen-bond donors (Lipinski definition) is 1. The maximum Gasteiger partial charge on any atom is 0.307 e. The number of carbonyl (C=O) groups excluding carboxylic acids is 1. The predicted octanol–water partition coefficient (Wildman–Crippen LogP) is 2.73. The summed E-state index contributed by atoms with van der Waals surface area (Å²) in [6.45, 7) is 2.61. The van der Waals surface area contributed by atoms with Crippen LogP contribution in [-0.4, -0.2) is 19.6 Å². The van der Waals surface area contributed by atoms with Crippen molar-refractivity contribution in [3.8, 4) is 0 Å². The number of esters is 1. The van der Waals surface area contributed by atoms with E-state index in [9.17, 15) is 4.79 Å². The topological polar surface area (TPSA) is 38.3 Å². The number of anilines is 1. The molecule has 0 saturated carbocycles. The van der Waals surface area contributed by atoms with Crippen molar-refractivity contribution in [1.82, 2.24) is 0 Å². The highest BCUT2D eigenvalue weighted by molar-refractivity contribution is 9.10. The molecule has 1 aromatic rings. The minimum Gasteiger partial charge on any atom is -0.469 e. The molecule has 1 rings (SSSR count). The molecule has 0 unspecified atom stereocenters. The minimum absolute atomic E-state index is 0.198. The van der Waals surface area contributed by atoms with Crippen molar-refractivity contribution in [1.29, 1.82) is 0 Å². The first-order valence-electron chi connectivity index (χ1n) is 4.70. The van der Waals surface area contributed by atoms with Crippen LogP contribution in [0.15, 0.2) is 22.7 Å². The van der Waals surface area contributed by atoms with Gasteiger partial charge in [0.2, 0.25) is 0 Å². The number of nitrogens with one attached hydrogen (secondary N) is 1. The molecule has 0 amide bonds. The summed E-state index contributed by atoms with van der Waals surface area (Å²) in [7, 11) is 1.39. The van der Waals surface area contributed by atoms with E-state index in [1.807, 2.05) is 25.1 Å².